The van der Waals surface area contributed by atoms with Crippen molar-refractivity contribution in [1.82, 2.24) is 10.2 Å². The first-order valence-corrected chi connectivity index (χ1v) is 12.2. The number of hydrogen-bond donors (Lipinski definition) is 2. The zero-order valence-corrected chi connectivity index (χ0v) is 19.9. The maximum absolute atomic E-state index is 13.5. The van der Waals surface area contributed by atoms with Crippen molar-refractivity contribution in [3.05, 3.63) is 69.9 Å². The number of rotatable bonds is 6. The Balaban J connectivity index is 2.10. The zero-order valence-electron chi connectivity index (χ0n) is 18.3. The number of amides is 1. The van der Waals surface area contributed by atoms with E-state index in [2.05, 4.69) is 15.5 Å². The van der Waals surface area contributed by atoms with E-state index < -0.39 is 44.5 Å². The van der Waals surface area contributed by atoms with Crippen LogP contribution in [-0.4, -0.2) is 26.6 Å². The number of halogens is 4. The SMILES string of the molecule is CCc1ccc(Cl)cc1Oc1nnc(C(F)(F)F)c(C)c1C(=O)Nc1cccc(S(C)(=N)=O)c1. The van der Waals surface area contributed by atoms with Crippen LogP contribution in [0.4, 0.5) is 18.9 Å². The van der Waals surface area contributed by atoms with Crippen LogP contribution in [0, 0.1) is 11.7 Å². The van der Waals surface area contributed by atoms with E-state index in [9.17, 15) is 22.2 Å². The normalized spacial score (nSPS) is 13.3. The molecular formula is C22H20ClF3N4O3S. The molecule has 0 aliphatic rings. The van der Waals surface area contributed by atoms with Crippen LogP contribution < -0.4 is 10.1 Å². The second-order valence-electron chi connectivity index (χ2n) is 7.38. The largest absolute Gasteiger partial charge is 0.437 e. The molecule has 1 unspecified atom stereocenters. The van der Waals surface area contributed by atoms with Gasteiger partial charge in [-0.1, -0.05) is 30.7 Å². The third-order valence-corrected chi connectivity index (χ3v) is 6.23. The number of anilines is 1. The Morgan fingerprint density at radius 3 is 2.53 bits per heavy atom. The predicted octanol–water partition coefficient (Wildman–Crippen LogP) is 6.10. The van der Waals surface area contributed by atoms with Gasteiger partial charge in [-0.2, -0.15) is 13.2 Å². The molecule has 7 nitrogen and oxygen atoms in total. The van der Waals surface area contributed by atoms with Crippen molar-refractivity contribution in [3.8, 4) is 11.6 Å². The van der Waals surface area contributed by atoms with Gasteiger partial charge in [-0.05, 0) is 54.8 Å². The van der Waals surface area contributed by atoms with E-state index >= 15 is 0 Å². The van der Waals surface area contributed by atoms with Gasteiger partial charge >= 0.3 is 6.18 Å². The van der Waals surface area contributed by atoms with Gasteiger partial charge in [-0.15, -0.1) is 10.2 Å². The maximum atomic E-state index is 13.5. The number of ether oxygens (including phenoxy) is 1. The lowest BCUT2D eigenvalue weighted by atomic mass is 10.1. The highest BCUT2D eigenvalue weighted by Crippen LogP contribution is 2.36. The molecule has 1 amide bonds. The molecule has 0 fully saturated rings. The van der Waals surface area contributed by atoms with Gasteiger partial charge in [0.15, 0.2) is 5.69 Å². The van der Waals surface area contributed by atoms with Crippen LogP contribution in [-0.2, 0) is 22.3 Å². The number of benzene rings is 2. The third kappa shape index (κ3) is 5.65. The van der Waals surface area contributed by atoms with Crippen molar-refractivity contribution in [3.63, 3.8) is 0 Å². The van der Waals surface area contributed by atoms with Crippen molar-refractivity contribution in [2.24, 2.45) is 0 Å². The van der Waals surface area contributed by atoms with Crippen LogP contribution in [0.15, 0.2) is 47.4 Å². The lowest BCUT2D eigenvalue weighted by molar-refractivity contribution is -0.142. The van der Waals surface area contributed by atoms with E-state index in [0.717, 1.165) is 6.92 Å². The molecule has 180 valence electrons. The van der Waals surface area contributed by atoms with Crippen LogP contribution in [0.5, 0.6) is 11.6 Å². The summed E-state index contributed by atoms with van der Waals surface area (Å²) < 4.78 is 65.9. The van der Waals surface area contributed by atoms with Crippen molar-refractivity contribution in [2.45, 2.75) is 31.3 Å². The van der Waals surface area contributed by atoms with Gasteiger partial charge < -0.3 is 10.1 Å². The van der Waals surface area contributed by atoms with Crippen LogP contribution in [0.1, 0.15) is 34.1 Å². The van der Waals surface area contributed by atoms with Gasteiger partial charge in [0.1, 0.15) is 11.3 Å². The Hall–Kier alpha value is -3.18. The Bertz CT molecular complexity index is 1360. The van der Waals surface area contributed by atoms with Gasteiger partial charge in [0.05, 0.1) is 9.73 Å². The number of aromatic nitrogens is 2. The van der Waals surface area contributed by atoms with Crippen molar-refractivity contribution in [2.75, 3.05) is 11.6 Å². The van der Waals surface area contributed by atoms with E-state index in [-0.39, 0.29) is 16.3 Å². The van der Waals surface area contributed by atoms with Crippen LogP contribution in [0.3, 0.4) is 0 Å². The van der Waals surface area contributed by atoms with E-state index in [1.807, 2.05) is 6.92 Å². The Morgan fingerprint density at radius 2 is 1.91 bits per heavy atom. The molecule has 0 bridgehead atoms. The molecule has 0 saturated carbocycles. The number of alkyl halides is 3. The summed E-state index contributed by atoms with van der Waals surface area (Å²) in [6.07, 6.45) is -3.12. The number of aryl methyl sites for hydroxylation is 1. The van der Waals surface area contributed by atoms with E-state index in [1.165, 1.54) is 36.6 Å². The molecule has 0 aliphatic carbocycles. The molecule has 0 saturated heterocycles. The third-order valence-electron chi connectivity index (χ3n) is 4.84. The molecule has 12 heteroatoms. The standard InChI is InChI=1S/C22H20ClF3N4O3S/c1-4-13-8-9-14(23)10-17(13)33-21-18(12(2)19(29-30-21)22(24,25)26)20(31)28-15-6-5-7-16(11-15)34(3,27)32/h5-11,27H,4H2,1-3H3,(H,28,31). The monoisotopic (exact) mass is 512 g/mol. The van der Waals surface area contributed by atoms with Crippen molar-refractivity contribution >= 4 is 32.9 Å². The summed E-state index contributed by atoms with van der Waals surface area (Å²) in [5.74, 6) is -1.16. The quantitative estimate of drug-likeness (QED) is 0.415. The highest BCUT2D eigenvalue weighted by molar-refractivity contribution is 7.91. The van der Waals surface area contributed by atoms with Crippen LogP contribution in [0.2, 0.25) is 5.02 Å². The minimum atomic E-state index is -4.85. The molecular weight excluding hydrogens is 493 g/mol. The molecule has 1 heterocycles. The summed E-state index contributed by atoms with van der Waals surface area (Å²) in [7, 11) is -3.08. The zero-order chi connectivity index (χ0) is 25.3. The second kappa shape index (κ2) is 9.59. The first-order valence-electron chi connectivity index (χ1n) is 9.87. The first-order chi connectivity index (χ1) is 15.8. The molecule has 2 aromatic carbocycles. The molecule has 0 radical (unpaired) electrons. The summed E-state index contributed by atoms with van der Waals surface area (Å²) in [4.78, 5) is 13.3. The topological polar surface area (TPSA) is 105 Å². The summed E-state index contributed by atoms with van der Waals surface area (Å²) in [5, 5.41) is 9.59. The van der Waals surface area contributed by atoms with Gasteiger partial charge in [0.25, 0.3) is 11.8 Å². The Kier molecular flexibility index (Phi) is 7.18. The average Bonchev–Trinajstić information content (AvgIpc) is 2.72. The minimum Gasteiger partial charge on any atom is -0.437 e. The summed E-state index contributed by atoms with van der Waals surface area (Å²) in [5.41, 5.74) is -1.46. The Labute approximate surface area is 199 Å². The second-order valence-corrected chi connectivity index (χ2v) is 9.98. The van der Waals surface area contributed by atoms with Gasteiger partial charge in [0.2, 0.25) is 0 Å². The summed E-state index contributed by atoms with van der Waals surface area (Å²) in [6, 6.07) is 10.5. The van der Waals surface area contributed by atoms with Crippen LogP contribution >= 0.6 is 11.6 Å². The van der Waals surface area contributed by atoms with Gasteiger partial charge in [0, 0.05) is 21.9 Å². The molecule has 1 atom stereocenters. The highest BCUT2D eigenvalue weighted by Gasteiger charge is 2.38. The van der Waals surface area contributed by atoms with Crippen molar-refractivity contribution < 1.29 is 26.9 Å². The molecule has 0 spiro atoms. The van der Waals surface area contributed by atoms with E-state index in [4.69, 9.17) is 21.1 Å². The fourth-order valence-electron chi connectivity index (χ4n) is 3.14. The fraction of sp³-hybridized carbons (Fsp3) is 0.227. The Morgan fingerprint density at radius 1 is 1.21 bits per heavy atom. The van der Waals surface area contributed by atoms with Gasteiger partial charge in [-0.3, -0.25) is 4.79 Å². The van der Waals surface area contributed by atoms with Gasteiger partial charge in [-0.25, -0.2) is 8.99 Å². The number of nitrogens with one attached hydrogen (secondary N) is 2. The molecule has 1 aromatic heterocycles. The molecule has 3 rings (SSSR count). The summed E-state index contributed by atoms with van der Waals surface area (Å²) in [6.45, 7) is 2.94. The van der Waals surface area contributed by atoms with Crippen LogP contribution in [0.25, 0.3) is 0 Å². The van der Waals surface area contributed by atoms with E-state index in [0.29, 0.717) is 17.0 Å². The maximum Gasteiger partial charge on any atom is 0.435 e. The fourth-order valence-corrected chi connectivity index (χ4v) is 3.99. The first kappa shape index (κ1) is 25.4. The smallest absolute Gasteiger partial charge is 0.435 e. The number of nitrogens with zero attached hydrogens (tertiary/aromatic N) is 2. The highest BCUT2D eigenvalue weighted by atomic mass is 35.5. The number of carbonyl (C=O) groups excluding carboxylic acids is 1. The summed E-state index contributed by atoms with van der Waals surface area (Å²) >= 11 is 6.03. The average molecular weight is 513 g/mol. The van der Waals surface area contributed by atoms with Crippen molar-refractivity contribution in [1.29, 1.82) is 4.78 Å². The number of carbonyl (C=O) groups is 1. The molecule has 0 aliphatic heterocycles. The predicted molar refractivity (Wildman–Crippen MR) is 122 cm³/mol. The molecule has 34 heavy (non-hydrogen) atoms. The lowest BCUT2D eigenvalue weighted by Crippen LogP contribution is -2.21. The molecule has 2 N–H and O–H groups in total. The minimum absolute atomic E-state index is 0.136. The van der Waals surface area contributed by atoms with E-state index in [1.54, 1.807) is 12.1 Å². The lowest BCUT2D eigenvalue weighted by Gasteiger charge is -2.17. The molecule has 3 aromatic rings. The number of hydrogen-bond acceptors (Lipinski definition) is 6.